The van der Waals surface area contributed by atoms with Gasteiger partial charge in [0.25, 0.3) is 0 Å². The van der Waals surface area contributed by atoms with Gasteiger partial charge in [-0.3, -0.25) is 9.69 Å². The number of morpholine rings is 1. The lowest BCUT2D eigenvalue weighted by atomic mass is 10.0. The van der Waals surface area contributed by atoms with Gasteiger partial charge in [-0.05, 0) is 43.7 Å². The van der Waals surface area contributed by atoms with Crippen LogP contribution in [0.1, 0.15) is 12.0 Å². The number of amides is 1. The van der Waals surface area contributed by atoms with Crippen LogP contribution in [0, 0.1) is 29.0 Å². The molecule has 0 bridgehead atoms. The third-order valence-corrected chi connectivity index (χ3v) is 8.03. The highest BCUT2D eigenvalue weighted by Crippen LogP contribution is 2.57. The van der Waals surface area contributed by atoms with Crippen molar-refractivity contribution >= 4 is 45.6 Å². The summed E-state index contributed by atoms with van der Waals surface area (Å²) in [5.41, 5.74) is 2.06. The van der Waals surface area contributed by atoms with Crippen molar-refractivity contribution in [2.45, 2.75) is 6.42 Å². The molecule has 0 spiro atoms. The molecule has 1 amide bonds. The Morgan fingerprint density at radius 2 is 2.12 bits per heavy atom. The zero-order valence-corrected chi connectivity index (χ0v) is 23.0. The van der Waals surface area contributed by atoms with E-state index < -0.39 is 5.82 Å². The second kappa shape index (κ2) is 11.1. The van der Waals surface area contributed by atoms with E-state index in [1.165, 1.54) is 12.4 Å². The van der Waals surface area contributed by atoms with E-state index in [-0.39, 0.29) is 22.0 Å². The van der Waals surface area contributed by atoms with Gasteiger partial charge in [0.1, 0.15) is 12.1 Å². The largest absolute Gasteiger partial charge is 0.379 e. The van der Waals surface area contributed by atoms with Crippen molar-refractivity contribution in [3.05, 3.63) is 65.2 Å². The zero-order valence-electron chi connectivity index (χ0n) is 22.2. The highest BCUT2D eigenvalue weighted by Gasteiger charge is 2.58. The van der Waals surface area contributed by atoms with Crippen LogP contribution in [0.4, 0.5) is 21.6 Å². The van der Waals surface area contributed by atoms with Gasteiger partial charge in [0, 0.05) is 49.6 Å². The Labute approximate surface area is 237 Å². The Balaban J connectivity index is 1.31. The molecule has 3 fully saturated rings. The summed E-state index contributed by atoms with van der Waals surface area (Å²) in [6.07, 6.45) is 5.91. The second-order valence-corrected chi connectivity index (χ2v) is 11.1. The molecule has 2 N–H and O–H groups in total. The number of hydrogen-bond acceptors (Lipinski definition) is 7. The molecular formula is C30H30ClFN6O2. The minimum atomic E-state index is -0.572. The van der Waals surface area contributed by atoms with E-state index in [1.54, 1.807) is 24.3 Å². The van der Waals surface area contributed by atoms with Gasteiger partial charge >= 0.3 is 0 Å². The molecule has 1 unspecified atom stereocenters. The predicted octanol–water partition coefficient (Wildman–Crippen LogP) is 4.30. The van der Waals surface area contributed by atoms with E-state index >= 15 is 0 Å². The summed E-state index contributed by atoms with van der Waals surface area (Å²) in [4.78, 5) is 26.3. The predicted molar refractivity (Wildman–Crippen MR) is 154 cm³/mol. The number of carbonyl (C=O) groups is 1. The number of hydrogen-bond donors (Lipinski definition) is 2. The fourth-order valence-electron chi connectivity index (χ4n) is 5.52. The molecule has 3 heterocycles. The van der Waals surface area contributed by atoms with Crippen LogP contribution in [0.2, 0.25) is 5.02 Å². The lowest BCUT2D eigenvalue weighted by molar-refractivity contribution is -0.111. The number of ether oxygens (including phenoxy) is 1. The van der Waals surface area contributed by atoms with Crippen molar-refractivity contribution in [1.29, 1.82) is 0 Å². The Hall–Kier alpha value is -3.55. The zero-order chi connectivity index (χ0) is 27.7. The molecule has 1 saturated carbocycles. The average Bonchev–Trinajstić information content (AvgIpc) is 3.51. The molecule has 2 saturated heterocycles. The summed E-state index contributed by atoms with van der Waals surface area (Å²) >= 11 is 5.98. The summed E-state index contributed by atoms with van der Waals surface area (Å²) in [6, 6.07) is 8.37. The van der Waals surface area contributed by atoms with Crippen LogP contribution in [0.25, 0.3) is 10.9 Å². The van der Waals surface area contributed by atoms with E-state index in [9.17, 15) is 9.18 Å². The number of anilines is 3. The van der Waals surface area contributed by atoms with Gasteiger partial charge in [0.15, 0.2) is 5.82 Å². The molecular weight excluding hydrogens is 531 g/mol. The summed E-state index contributed by atoms with van der Waals surface area (Å²) in [5, 5.41) is 6.65. The molecule has 3 aliphatic rings. The van der Waals surface area contributed by atoms with E-state index in [0.29, 0.717) is 53.6 Å². The molecule has 40 heavy (non-hydrogen) atoms. The van der Waals surface area contributed by atoms with Crippen molar-refractivity contribution in [3.8, 4) is 11.8 Å². The normalized spacial score (nSPS) is 22.6. The number of piperidine rings is 1. The van der Waals surface area contributed by atoms with Crippen LogP contribution >= 0.6 is 11.6 Å². The van der Waals surface area contributed by atoms with Crippen molar-refractivity contribution in [3.63, 3.8) is 0 Å². The summed E-state index contributed by atoms with van der Waals surface area (Å²) in [7, 11) is 2.12. The van der Waals surface area contributed by atoms with Gasteiger partial charge in [0.05, 0.1) is 40.7 Å². The Morgan fingerprint density at radius 3 is 2.92 bits per heavy atom. The number of nitrogens with one attached hydrogen (secondary N) is 2. The SMILES string of the molecule is CN1C[C@H]2CC2(C#Cc2cc3ncnc(Nc4cccc(Cl)c4F)c3cc2NC(=O)/C=C/CN2CCOCC2)C1. The molecule has 8 nitrogen and oxygen atoms in total. The van der Waals surface area contributed by atoms with Gasteiger partial charge in [0.2, 0.25) is 5.91 Å². The number of aromatic nitrogens is 2. The maximum atomic E-state index is 14.6. The number of likely N-dealkylation sites (tertiary alicyclic amines) is 1. The number of halogens is 2. The Bertz CT molecular complexity index is 1550. The molecule has 3 aromatic rings. The van der Waals surface area contributed by atoms with Crippen LogP contribution < -0.4 is 10.6 Å². The van der Waals surface area contributed by atoms with Crippen molar-refractivity contribution in [2.24, 2.45) is 11.3 Å². The highest BCUT2D eigenvalue weighted by molar-refractivity contribution is 6.31. The van der Waals surface area contributed by atoms with E-state index in [4.69, 9.17) is 16.3 Å². The van der Waals surface area contributed by atoms with Crippen molar-refractivity contribution in [2.75, 3.05) is 63.6 Å². The van der Waals surface area contributed by atoms with Crippen LogP contribution in [0.15, 0.2) is 48.8 Å². The molecule has 0 radical (unpaired) electrons. The Kier molecular flexibility index (Phi) is 7.43. The van der Waals surface area contributed by atoms with Gasteiger partial charge < -0.3 is 20.3 Å². The first kappa shape index (κ1) is 26.7. The highest BCUT2D eigenvalue weighted by atomic mass is 35.5. The third-order valence-electron chi connectivity index (χ3n) is 7.74. The van der Waals surface area contributed by atoms with E-state index in [2.05, 4.69) is 49.3 Å². The van der Waals surface area contributed by atoms with Crippen LogP contribution in [-0.2, 0) is 9.53 Å². The first-order valence-corrected chi connectivity index (χ1v) is 13.8. The minimum Gasteiger partial charge on any atom is -0.379 e. The Morgan fingerprint density at radius 1 is 1.27 bits per heavy atom. The summed E-state index contributed by atoms with van der Waals surface area (Å²) in [6.45, 7) is 5.78. The number of benzene rings is 2. The lowest BCUT2D eigenvalue weighted by Crippen LogP contribution is -2.36. The minimum absolute atomic E-state index is 0.00746. The van der Waals surface area contributed by atoms with Gasteiger partial charge in [-0.1, -0.05) is 35.6 Å². The molecule has 2 aliphatic heterocycles. The number of fused-ring (bicyclic) bond motifs is 2. The van der Waals surface area contributed by atoms with Crippen LogP contribution in [0.5, 0.6) is 0 Å². The second-order valence-electron chi connectivity index (χ2n) is 10.7. The number of nitrogens with zero attached hydrogens (tertiary/aromatic N) is 4. The van der Waals surface area contributed by atoms with E-state index in [0.717, 1.165) is 32.6 Å². The molecule has 2 atom stereocenters. The van der Waals surface area contributed by atoms with Crippen molar-refractivity contribution < 1.29 is 13.9 Å². The molecule has 206 valence electrons. The smallest absolute Gasteiger partial charge is 0.248 e. The van der Waals surface area contributed by atoms with Crippen molar-refractivity contribution in [1.82, 2.24) is 19.8 Å². The van der Waals surface area contributed by atoms with Crippen LogP contribution in [-0.4, -0.2) is 78.7 Å². The van der Waals surface area contributed by atoms with E-state index in [1.807, 2.05) is 12.1 Å². The lowest BCUT2D eigenvalue weighted by Gasteiger charge is -2.25. The topological polar surface area (TPSA) is 82.6 Å². The molecule has 2 aromatic carbocycles. The van der Waals surface area contributed by atoms with Gasteiger partial charge in [-0.15, -0.1) is 0 Å². The monoisotopic (exact) mass is 560 g/mol. The average molecular weight is 561 g/mol. The molecule has 6 rings (SSSR count). The summed E-state index contributed by atoms with van der Waals surface area (Å²) in [5.74, 6) is 7.02. The quantitative estimate of drug-likeness (QED) is 0.344. The molecule has 10 heteroatoms. The third kappa shape index (κ3) is 5.67. The summed E-state index contributed by atoms with van der Waals surface area (Å²) < 4.78 is 20.0. The number of rotatable bonds is 6. The molecule has 1 aromatic heterocycles. The first-order valence-electron chi connectivity index (χ1n) is 13.4. The first-order chi connectivity index (χ1) is 19.4. The molecule has 1 aliphatic carbocycles. The standard InChI is InChI=1S/C30H30ClFN6O2/c1-37-17-21-16-30(21,18-37)8-7-20-14-26-22(29(34-19-33-26)36-24-5-2-4-23(31)28(24)32)15-25(20)35-27(39)6-3-9-38-10-12-40-13-11-38/h2-6,14-15,19,21H,9-13,16-18H2,1H3,(H,35,39)(H,33,34,36)/b6-3+/t21-,30?/m1/s1. The van der Waals surface area contributed by atoms with Gasteiger partial charge in [-0.2, -0.15) is 0 Å². The maximum Gasteiger partial charge on any atom is 0.248 e. The fourth-order valence-corrected chi connectivity index (χ4v) is 5.70. The fraction of sp³-hybridized carbons (Fsp3) is 0.367. The number of carbonyl (C=O) groups excluding carboxylic acids is 1. The maximum absolute atomic E-state index is 14.6. The van der Waals surface area contributed by atoms with Crippen LogP contribution in [0.3, 0.4) is 0 Å². The van der Waals surface area contributed by atoms with Gasteiger partial charge in [-0.25, -0.2) is 14.4 Å².